The minimum absolute atomic E-state index is 0.112. The Morgan fingerprint density at radius 1 is 1.37 bits per heavy atom. The smallest absolute Gasteiger partial charge is 0.0441 e. The van der Waals surface area contributed by atoms with Gasteiger partial charge in [0.15, 0.2) is 0 Å². The van der Waals surface area contributed by atoms with Crippen LogP contribution in [0.5, 0.6) is 0 Å². The van der Waals surface area contributed by atoms with Crippen LogP contribution in [0.2, 0.25) is 0 Å². The summed E-state index contributed by atoms with van der Waals surface area (Å²) in [5.74, 6) is 0. The highest BCUT2D eigenvalue weighted by atomic mass is 79.9. The highest BCUT2D eigenvalue weighted by Gasteiger charge is 2.12. The van der Waals surface area contributed by atoms with Crippen molar-refractivity contribution in [3.63, 3.8) is 0 Å². The molecule has 1 aromatic rings. The third-order valence-electron chi connectivity index (χ3n) is 2.70. The van der Waals surface area contributed by atoms with E-state index in [2.05, 4.69) is 67.1 Å². The fraction of sp³-hybridized carbons (Fsp3) is 0.600. The van der Waals surface area contributed by atoms with Crippen LogP contribution in [0.3, 0.4) is 0 Å². The average Bonchev–Trinajstić information content (AvgIpc) is 2.29. The highest BCUT2D eigenvalue weighted by molar-refractivity contribution is 9.10. The van der Waals surface area contributed by atoms with Gasteiger partial charge in [0.2, 0.25) is 0 Å². The molecule has 108 valence electrons. The van der Waals surface area contributed by atoms with Crippen molar-refractivity contribution in [3.05, 3.63) is 28.2 Å². The van der Waals surface area contributed by atoms with Gasteiger partial charge in [0.05, 0.1) is 0 Å². The number of hydrogen-bond donors (Lipinski definition) is 2. The summed E-state index contributed by atoms with van der Waals surface area (Å²) in [7, 11) is 0. The molecule has 0 fully saturated rings. The first kappa shape index (κ1) is 17.0. The zero-order valence-corrected chi connectivity index (χ0v) is 14.6. The summed E-state index contributed by atoms with van der Waals surface area (Å²) in [4.78, 5) is 1.29. The van der Waals surface area contributed by atoms with Crippen molar-refractivity contribution >= 4 is 27.7 Å². The van der Waals surface area contributed by atoms with Crippen LogP contribution < -0.4 is 5.32 Å². The summed E-state index contributed by atoms with van der Waals surface area (Å²) in [6.07, 6.45) is 0.826. The molecule has 2 nitrogen and oxygen atoms in total. The van der Waals surface area contributed by atoms with Crippen LogP contribution in [-0.4, -0.2) is 22.5 Å². The minimum atomic E-state index is 0.112. The van der Waals surface area contributed by atoms with Crippen LogP contribution in [0, 0.1) is 0 Å². The number of hydrogen-bond acceptors (Lipinski definition) is 3. The lowest BCUT2D eigenvalue weighted by molar-refractivity contribution is 0.289. The lowest BCUT2D eigenvalue weighted by atomic mass is 10.1. The first-order chi connectivity index (χ1) is 8.81. The van der Waals surface area contributed by atoms with Gasteiger partial charge in [0.1, 0.15) is 0 Å². The van der Waals surface area contributed by atoms with Crippen LogP contribution in [0.15, 0.2) is 27.6 Å². The van der Waals surface area contributed by atoms with Gasteiger partial charge in [-0.15, -0.1) is 11.8 Å². The zero-order valence-electron chi connectivity index (χ0n) is 12.2. The van der Waals surface area contributed by atoms with Crippen molar-refractivity contribution in [2.24, 2.45) is 0 Å². The van der Waals surface area contributed by atoms with Gasteiger partial charge in [-0.2, -0.15) is 0 Å². The second-order valence-corrected chi connectivity index (χ2v) is 8.19. The average molecular weight is 346 g/mol. The fourth-order valence-electron chi connectivity index (χ4n) is 1.62. The van der Waals surface area contributed by atoms with Crippen molar-refractivity contribution in [2.75, 3.05) is 6.61 Å². The maximum Gasteiger partial charge on any atom is 0.0441 e. The molecule has 0 bridgehead atoms. The minimum Gasteiger partial charge on any atom is -0.396 e. The summed E-state index contributed by atoms with van der Waals surface area (Å²) in [6.45, 7) is 9.78. The molecule has 1 unspecified atom stereocenters. The van der Waals surface area contributed by atoms with Crippen molar-refractivity contribution in [2.45, 2.75) is 56.3 Å². The van der Waals surface area contributed by atoms with E-state index in [9.17, 15) is 0 Å². The molecular formula is C15H24BrNOS. The largest absolute Gasteiger partial charge is 0.396 e. The Morgan fingerprint density at radius 2 is 2.05 bits per heavy atom. The SMILES string of the molecule is CC(CCO)Sc1ccc(Br)cc1CNC(C)(C)C. The normalized spacial score (nSPS) is 13.6. The predicted molar refractivity (Wildman–Crippen MR) is 87.8 cm³/mol. The first-order valence-electron chi connectivity index (χ1n) is 6.63. The lowest BCUT2D eigenvalue weighted by Crippen LogP contribution is -2.35. The molecule has 0 radical (unpaired) electrons. The van der Waals surface area contributed by atoms with E-state index in [0.29, 0.717) is 5.25 Å². The second-order valence-electron chi connectivity index (χ2n) is 5.80. The summed E-state index contributed by atoms with van der Waals surface area (Å²) < 4.78 is 1.11. The number of aliphatic hydroxyl groups excluding tert-OH is 1. The van der Waals surface area contributed by atoms with Crippen LogP contribution in [-0.2, 0) is 6.54 Å². The molecular weight excluding hydrogens is 322 g/mol. The van der Waals surface area contributed by atoms with Gasteiger partial charge >= 0.3 is 0 Å². The molecule has 0 saturated carbocycles. The van der Waals surface area contributed by atoms with Gasteiger partial charge in [0.25, 0.3) is 0 Å². The van der Waals surface area contributed by atoms with E-state index in [0.717, 1.165) is 17.4 Å². The van der Waals surface area contributed by atoms with Gasteiger partial charge in [-0.25, -0.2) is 0 Å². The third kappa shape index (κ3) is 6.80. The summed E-state index contributed by atoms with van der Waals surface area (Å²) in [6, 6.07) is 6.41. The molecule has 0 aliphatic rings. The molecule has 19 heavy (non-hydrogen) atoms. The maximum absolute atomic E-state index is 9.00. The molecule has 4 heteroatoms. The Labute approximate surface area is 129 Å². The van der Waals surface area contributed by atoms with E-state index < -0.39 is 0 Å². The van der Waals surface area contributed by atoms with E-state index in [-0.39, 0.29) is 12.1 Å². The standard InChI is InChI=1S/C15H24BrNOS/c1-11(7-8-18)19-14-6-5-13(16)9-12(14)10-17-15(2,3)4/h5-6,9,11,17-18H,7-8,10H2,1-4H3. The molecule has 0 amide bonds. The van der Waals surface area contributed by atoms with Crippen LogP contribution >= 0.6 is 27.7 Å². The van der Waals surface area contributed by atoms with Crippen LogP contribution in [0.4, 0.5) is 0 Å². The van der Waals surface area contributed by atoms with E-state index in [1.807, 2.05) is 11.8 Å². The Hall–Kier alpha value is -0.0300. The van der Waals surface area contributed by atoms with Gasteiger partial charge in [-0.3, -0.25) is 0 Å². The molecule has 1 aromatic carbocycles. The summed E-state index contributed by atoms with van der Waals surface area (Å²) in [5.41, 5.74) is 1.42. The third-order valence-corrected chi connectivity index (χ3v) is 4.48. The quantitative estimate of drug-likeness (QED) is 0.757. The number of thioether (sulfide) groups is 1. The van der Waals surface area contributed by atoms with Crippen molar-refractivity contribution in [1.82, 2.24) is 5.32 Å². The number of aliphatic hydroxyl groups is 1. The molecule has 0 aliphatic heterocycles. The van der Waals surface area contributed by atoms with Gasteiger partial charge in [-0.1, -0.05) is 22.9 Å². The van der Waals surface area contributed by atoms with Crippen LogP contribution in [0.25, 0.3) is 0 Å². The van der Waals surface area contributed by atoms with E-state index in [1.165, 1.54) is 10.5 Å². The Morgan fingerprint density at radius 3 is 2.63 bits per heavy atom. The topological polar surface area (TPSA) is 32.3 Å². The molecule has 1 atom stereocenters. The van der Waals surface area contributed by atoms with E-state index >= 15 is 0 Å². The second kappa shape index (κ2) is 7.67. The van der Waals surface area contributed by atoms with Crippen molar-refractivity contribution in [3.8, 4) is 0 Å². The Kier molecular flexibility index (Phi) is 6.87. The van der Waals surface area contributed by atoms with Crippen molar-refractivity contribution in [1.29, 1.82) is 0 Å². The molecule has 0 aliphatic carbocycles. The van der Waals surface area contributed by atoms with E-state index in [1.54, 1.807) is 0 Å². The summed E-state index contributed by atoms with van der Waals surface area (Å²) in [5, 5.41) is 13.0. The molecule has 1 rings (SSSR count). The van der Waals surface area contributed by atoms with Gasteiger partial charge in [0, 0.05) is 33.3 Å². The number of rotatable bonds is 6. The Bertz CT molecular complexity index is 404. The highest BCUT2D eigenvalue weighted by Crippen LogP contribution is 2.30. The number of nitrogens with one attached hydrogen (secondary N) is 1. The molecule has 0 heterocycles. The molecule has 0 saturated heterocycles. The van der Waals surface area contributed by atoms with Gasteiger partial charge < -0.3 is 10.4 Å². The molecule has 0 spiro atoms. The first-order valence-corrected chi connectivity index (χ1v) is 8.30. The number of halogens is 1. The fourth-order valence-corrected chi connectivity index (χ4v) is 3.11. The maximum atomic E-state index is 9.00. The zero-order chi connectivity index (χ0) is 14.5. The monoisotopic (exact) mass is 345 g/mol. The van der Waals surface area contributed by atoms with E-state index in [4.69, 9.17) is 5.11 Å². The summed E-state index contributed by atoms with van der Waals surface area (Å²) >= 11 is 5.37. The Balaban J connectivity index is 2.79. The molecule has 2 N–H and O–H groups in total. The molecule has 0 aromatic heterocycles. The number of benzene rings is 1. The van der Waals surface area contributed by atoms with Crippen LogP contribution in [0.1, 0.15) is 39.7 Å². The predicted octanol–water partition coefficient (Wildman–Crippen LogP) is 4.20. The lowest BCUT2D eigenvalue weighted by Gasteiger charge is -2.22. The van der Waals surface area contributed by atoms with Crippen molar-refractivity contribution < 1.29 is 5.11 Å². The van der Waals surface area contributed by atoms with Gasteiger partial charge in [-0.05, 0) is 51.0 Å².